The molecular weight excluding hydrogens is 522 g/mol. The maximum absolute atomic E-state index is 12.6. The van der Waals surface area contributed by atoms with Crippen molar-refractivity contribution in [2.24, 2.45) is 0 Å². The molecule has 6 nitrogen and oxygen atoms in total. The lowest BCUT2D eigenvalue weighted by Gasteiger charge is -2.15. The third-order valence-corrected chi connectivity index (χ3v) is 7.65. The molecule has 1 aromatic heterocycles. The van der Waals surface area contributed by atoms with E-state index in [0.29, 0.717) is 36.1 Å². The molecule has 0 aliphatic carbocycles. The summed E-state index contributed by atoms with van der Waals surface area (Å²) < 4.78 is 5.45. The van der Waals surface area contributed by atoms with Gasteiger partial charge in [0.05, 0.1) is 10.7 Å². The monoisotopic (exact) mass is 558 g/mol. The van der Waals surface area contributed by atoms with E-state index in [-0.39, 0.29) is 17.7 Å². The second kappa shape index (κ2) is 16.4. The van der Waals surface area contributed by atoms with E-state index in [4.69, 9.17) is 9.72 Å². The Bertz CT molecular complexity index is 1160. The van der Waals surface area contributed by atoms with Crippen LogP contribution in [0.2, 0.25) is 0 Å². The van der Waals surface area contributed by atoms with Crippen LogP contribution in [0.5, 0.6) is 0 Å². The summed E-state index contributed by atoms with van der Waals surface area (Å²) in [4.78, 5) is 41.2. The molecule has 0 aliphatic heterocycles. The Morgan fingerprint density at radius 1 is 1.08 bits per heavy atom. The van der Waals surface area contributed by atoms with Gasteiger partial charge in [-0.25, -0.2) is 9.78 Å². The highest BCUT2D eigenvalue weighted by molar-refractivity contribution is 7.37. The molecule has 3 aromatic rings. The van der Waals surface area contributed by atoms with Crippen molar-refractivity contribution in [1.82, 2.24) is 4.98 Å². The van der Waals surface area contributed by atoms with Crippen LogP contribution in [0.25, 0.3) is 11.3 Å². The number of thiazole rings is 1. The van der Waals surface area contributed by atoms with Crippen LogP contribution in [-0.4, -0.2) is 47.7 Å². The zero-order chi connectivity index (χ0) is 27.2. The second-order valence-corrected chi connectivity index (χ2v) is 10.6. The SMILES string of the molecule is CC.CPCC(CP)OC(=O)Nc1ccc(-c2csc(CCCC(=O)c3ccccc3C(C)=O)n2)cc1. The number of nitrogens with zero attached hydrogens (tertiary/aromatic N) is 1. The van der Waals surface area contributed by atoms with Gasteiger partial charge in [0.1, 0.15) is 6.10 Å². The number of nitrogens with one attached hydrogen (secondary N) is 1. The molecule has 3 unspecified atom stereocenters. The average Bonchev–Trinajstić information content (AvgIpc) is 3.38. The number of benzene rings is 2. The first kappa shape index (κ1) is 30.8. The van der Waals surface area contributed by atoms with E-state index < -0.39 is 6.09 Å². The summed E-state index contributed by atoms with van der Waals surface area (Å²) in [5.41, 5.74) is 3.45. The number of ether oxygens (including phenoxy) is 1. The van der Waals surface area contributed by atoms with Crippen LogP contribution < -0.4 is 5.32 Å². The number of Topliss-reactive ketones (excluding diaryl/α,β-unsaturated/α-hetero) is 2. The first-order valence-corrected chi connectivity index (χ1v) is 15.8. The molecular formula is C28H36N2O4P2S. The van der Waals surface area contributed by atoms with Gasteiger partial charge < -0.3 is 4.74 Å². The fraction of sp³-hybridized carbons (Fsp3) is 0.357. The van der Waals surface area contributed by atoms with E-state index in [2.05, 4.69) is 21.2 Å². The molecule has 37 heavy (non-hydrogen) atoms. The largest absolute Gasteiger partial charge is 0.445 e. The summed E-state index contributed by atoms with van der Waals surface area (Å²) in [6.07, 6.45) is 2.78. The van der Waals surface area contributed by atoms with Crippen LogP contribution in [-0.2, 0) is 11.2 Å². The zero-order valence-electron chi connectivity index (χ0n) is 21.9. The minimum atomic E-state index is -0.445. The number of carbonyl (C=O) groups is 3. The molecule has 0 radical (unpaired) electrons. The minimum Gasteiger partial charge on any atom is -0.445 e. The molecule has 2 aromatic carbocycles. The van der Waals surface area contributed by atoms with Gasteiger partial charge in [-0.15, -0.1) is 29.2 Å². The number of anilines is 1. The van der Waals surface area contributed by atoms with Crippen molar-refractivity contribution in [1.29, 1.82) is 0 Å². The average molecular weight is 559 g/mol. The maximum Gasteiger partial charge on any atom is 0.411 e. The fourth-order valence-corrected chi connectivity index (χ4v) is 5.70. The van der Waals surface area contributed by atoms with Crippen LogP contribution in [0.15, 0.2) is 53.9 Å². The molecule has 3 rings (SSSR count). The fourth-order valence-electron chi connectivity index (χ4n) is 3.55. The molecule has 198 valence electrons. The predicted molar refractivity (Wildman–Crippen MR) is 160 cm³/mol. The highest BCUT2D eigenvalue weighted by atomic mass is 32.1. The van der Waals surface area contributed by atoms with E-state index in [1.807, 2.05) is 43.5 Å². The number of amides is 1. The van der Waals surface area contributed by atoms with E-state index in [9.17, 15) is 14.4 Å². The molecule has 1 N–H and O–H groups in total. The van der Waals surface area contributed by atoms with Gasteiger partial charge >= 0.3 is 6.09 Å². The molecule has 0 saturated heterocycles. The van der Waals surface area contributed by atoms with E-state index >= 15 is 0 Å². The Morgan fingerprint density at radius 3 is 2.38 bits per heavy atom. The van der Waals surface area contributed by atoms with Crippen molar-refractivity contribution in [2.75, 3.05) is 24.3 Å². The summed E-state index contributed by atoms with van der Waals surface area (Å²) in [7, 11) is 3.35. The number of aryl methyl sites for hydroxylation is 1. The number of rotatable bonds is 12. The van der Waals surface area contributed by atoms with Crippen molar-refractivity contribution < 1.29 is 19.1 Å². The van der Waals surface area contributed by atoms with Crippen LogP contribution in [0, 0.1) is 0 Å². The Hall–Kier alpha value is -2.46. The topological polar surface area (TPSA) is 85.4 Å². The van der Waals surface area contributed by atoms with Crippen LogP contribution in [0.3, 0.4) is 0 Å². The number of carbonyl (C=O) groups excluding carboxylic acids is 3. The van der Waals surface area contributed by atoms with Crippen molar-refractivity contribution >= 4 is 52.5 Å². The molecule has 1 heterocycles. The van der Waals surface area contributed by atoms with Crippen molar-refractivity contribution in [2.45, 2.75) is 46.1 Å². The summed E-state index contributed by atoms with van der Waals surface area (Å²) in [5, 5.41) is 5.72. The molecule has 0 bridgehead atoms. The van der Waals surface area contributed by atoms with Gasteiger partial charge in [0.15, 0.2) is 11.6 Å². The smallest absolute Gasteiger partial charge is 0.411 e. The van der Waals surface area contributed by atoms with Crippen molar-refractivity contribution in [3.8, 4) is 11.3 Å². The molecule has 0 aliphatic rings. The second-order valence-electron chi connectivity index (χ2n) is 8.03. The van der Waals surface area contributed by atoms with E-state index in [0.717, 1.165) is 37.2 Å². The van der Waals surface area contributed by atoms with E-state index in [1.165, 1.54) is 6.92 Å². The van der Waals surface area contributed by atoms with Gasteiger partial charge in [0.25, 0.3) is 0 Å². The molecule has 3 atom stereocenters. The number of ketones is 2. The first-order valence-electron chi connectivity index (χ1n) is 12.4. The number of hydrogen-bond acceptors (Lipinski definition) is 6. The third-order valence-electron chi connectivity index (χ3n) is 5.35. The van der Waals surface area contributed by atoms with Gasteiger partial charge in [0, 0.05) is 40.3 Å². The lowest BCUT2D eigenvalue weighted by molar-refractivity contribution is 0.0960. The zero-order valence-corrected chi connectivity index (χ0v) is 24.8. The first-order chi connectivity index (χ1) is 17.9. The molecule has 0 spiro atoms. The molecule has 9 heteroatoms. The Labute approximate surface area is 228 Å². The molecule has 0 saturated carbocycles. The summed E-state index contributed by atoms with van der Waals surface area (Å²) in [5.74, 6) is -0.119. The number of aromatic nitrogens is 1. The highest BCUT2D eigenvalue weighted by Crippen LogP contribution is 2.25. The minimum absolute atomic E-state index is 0.0201. The summed E-state index contributed by atoms with van der Waals surface area (Å²) in [6, 6.07) is 14.5. The lowest BCUT2D eigenvalue weighted by atomic mass is 9.98. The van der Waals surface area contributed by atoms with Gasteiger partial charge in [-0.1, -0.05) is 50.2 Å². The van der Waals surface area contributed by atoms with Crippen molar-refractivity contribution in [3.63, 3.8) is 0 Å². The van der Waals surface area contributed by atoms with Crippen LogP contribution >= 0.6 is 29.2 Å². The Kier molecular flexibility index (Phi) is 13.6. The summed E-state index contributed by atoms with van der Waals surface area (Å²) >= 11 is 1.56. The Morgan fingerprint density at radius 2 is 1.76 bits per heavy atom. The standard InChI is InChI=1S/C26H30N2O4P2S.C2H6/c1-17(29)21-6-3-4-7-22(21)24(30)8-5-9-25-28-23(16-35-25)18-10-12-19(13-11-18)27-26(31)32-20(14-33)15-34-2;1-2/h3-4,6-7,10-13,16,20,34H,5,8-9,14-15,33H2,1-2H3,(H,27,31);1-2H3. The van der Waals surface area contributed by atoms with Gasteiger partial charge in [-0.05, 0) is 44.7 Å². The predicted octanol–water partition coefficient (Wildman–Crippen LogP) is 7.35. The van der Waals surface area contributed by atoms with E-state index in [1.54, 1.807) is 35.6 Å². The normalized spacial score (nSPS) is 11.5. The number of hydrogen-bond donors (Lipinski definition) is 1. The third kappa shape index (κ3) is 9.74. The lowest BCUT2D eigenvalue weighted by Crippen LogP contribution is -2.25. The highest BCUT2D eigenvalue weighted by Gasteiger charge is 2.15. The van der Waals surface area contributed by atoms with Gasteiger partial charge in [-0.2, -0.15) is 0 Å². The molecule has 0 fully saturated rings. The van der Waals surface area contributed by atoms with Crippen LogP contribution in [0.1, 0.15) is 59.3 Å². The Balaban J connectivity index is 0.00000235. The van der Waals surface area contributed by atoms with Gasteiger partial charge in [-0.3, -0.25) is 14.9 Å². The van der Waals surface area contributed by atoms with Crippen LogP contribution in [0.4, 0.5) is 10.5 Å². The molecule has 1 amide bonds. The maximum atomic E-state index is 12.6. The quantitative estimate of drug-likeness (QED) is 0.186. The van der Waals surface area contributed by atoms with Gasteiger partial charge in [0.2, 0.25) is 0 Å². The summed E-state index contributed by atoms with van der Waals surface area (Å²) in [6.45, 7) is 7.57. The van der Waals surface area contributed by atoms with Crippen molar-refractivity contribution in [3.05, 3.63) is 70.0 Å².